The molecule has 24 heavy (non-hydrogen) atoms. The van der Waals surface area contributed by atoms with Crippen LogP contribution in [0.3, 0.4) is 0 Å². The number of nitrogens with zero attached hydrogens (tertiary/aromatic N) is 2. The fraction of sp³-hybridized carbons (Fsp3) is 0.526. The van der Waals surface area contributed by atoms with Crippen molar-refractivity contribution in [3.63, 3.8) is 0 Å². The molecule has 5 heteroatoms. The summed E-state index contributed by atoms with van der Waals surface area (Å²) in [6.07, 6.45) is 5.60. The van der Waals surface area contributed by atoms with Crippen LogP contribution in [-0.4, -0.2) is 30.1 Å². The van der Waals surface area contributed by atoms with Gasteiger partial charge in [-0.1, -0.05) is 12.1 Å². The predicted octanol–water partition coefficient (Wildman–Crippen LogP) is 3.10. The van der Waals surface area contributed by atoms with Crippen LogP contribution in [0.1, 0.15) is 42.6 Å². The second kappa shape index (κ2) is 8.31. The van der Waals surface area contributed by atoms with E-state index in [1.165, 1.54) is 29.7 Å². The molecular formula is C19H27N3O2. The van der Waals surface area contributed by atoms with Crippen molar-refractivity contribution in [2.45, 2.75) is 45.3 Å². The van der Waals surface area contributed by atoms with E-state index in [1.54, 1.807) is 7.11 Å². The van der Waals surface area contributed by atoms with Gasteiger partial charge in [0.2, 0.25) is 0 Å². The number of nitrogens with one attached hydrogen (secondary N) is 1. The lowest BCUT2D eigenvalue weighted by Gasteiger charge is -2.24. The summed E-state index contributed by atoms with van der Waals surface area (Å²) in [5, 5.41) is 8.21. The number of hydrogen-bond acceptors (Lipinski definition) is 4. The zero-order valence-electron chi connectivity index (χ0n) is 14.6. The van der Waals surface area contributed by atoms with Crippen LogP contribution in [0.4, 0.5) is 0 Å². The van der Waals surface area contributed by atoms with Gasteiger partial charge < -0.3 is 14.8 Å². The number of hydrogen-bond donors (Lipinski definition) is 1. The minimum Gasteiger partial charge on any atom is -0.491 e. The third kappa shape index (κ3) is 3.97. The maximum Gasteiger partial charge on any atom is 0.119 e. The standard InChI is InChI=1S/C19H27N3O2/c1-3-22-19-6-4-5-18(17(19)14-21-22)20-13-15-7-9-16(10-8-15)24-12-11-23-2/h7-10,14,18,20H,3-6,11-13H2,1-2H3/t18-/m1/s1. The summed E-state index contributed by atoms with van der Waals surface area (Å²) in [4.78, 5) is 0. The quantitative estimate of drug-likeness (QED) is 0.756. The molecule has 0 aliphatic heterocycles. The van der Waals surface area contributed by atoms with E-state index < -0.39 is 0 Å². The molecule has 1 aromatic heterocycles. The highest BCUT2D eigenvalue weighted by molar-refractivity contribution is 5.28. The molecule has 0 amide bonds. The first-order chi connectivity index (χ1) is 11.8. The fourth-order valence-electron chi connectivity index (χ4n) is 3.29. The van der Waals surface area contributed by atoms with Crippen molar-refractivity contribution in [2.75, 3.05) is 20.3 Å². The van der Waals surface area contributed by atoms with Crippen molar-refractivity contribution in [2.24, 2.45) is 0 Å². The van der Waals surface area contributed by atoms with Gasteiger partial charge in [-0.2, -0.15) is 5.10 Å². The van der Waals surface area contributed by atoms with Gasteiger partial charge in [0.1, 0.15) is 12.4 Å². The second-order valence-corrected chi connectivity index (χ2v) is 6.17. The Kier molecular flexibility index (Phi) is 5.88. The van der Waals surface area contributed by atoms with Crippen LogP contribution >= 0.6 is 0 Å². The summed E-state index contributed by atoms with van der Waals surface area (Å²) in [6.45, 7) is 5.16. The van der Waals surface area contributed by atoms with Gasteiger partial charge in [-0.25, -0.2) is 0 Å². The van der Waals surface area contributed by atoms with Crippen molar-refractivity contribution < 1.29 is 9.47 Å². The number of rotatable bonds is 8. The lowest BCUT2D eigenvalue weighted by atomic mass is 9.93. The lowest BCUT2D eigenvalue weighted by molar-refractivity contribution is 0.146. The fourth-order valence-corrected chi connectivity index (χ4v) is 3.29. The smallest absolute Gasteiger partial charge is 0.119 e. The van der Waals surface area contributed by atoms with Crippen LogP contribution in [-0.2, 0) is 24.2 Å². The molecule has 0 unspecified atom stereocenters. The minimum absolute atomic E-state index is 0.409. The third-order valence-corrected chi connectivity index (χ3v) is 4.59. The maximum atomic E-state index is 5.60. The lowest BCUT2D eigenvalue weighted by Crippen LogP contribution is -2.25. The Labute approximate surface area is 144 Å². The summed E-state index contributed by atoms with van der Waals surface area (Å²) in [5.74, 6) is 0.889. The SMILES string of the molecule is CCn1ncc2c1CCC[C@H]2NCc1ccc(OCCOC)cc1. The van der Waals surface area contributed by atoms with Gasteiger partial charge in [-0.3, -0.25) is 4.68 Å². The Morgan fingerprint density at radius 3 is 2.83 bits per heavy atom. The van der Waals surface area contributed by atoms with Crippen molar-refractivity contribution in [3.05, 3.63) is 47.3 Å². The number of aromatic nitrogens is 2. The second-order valence-electron chi connectivity index (χ2n) is 6.17. The van der Waals surface area contributed by atoms with Crippen LogP contribution in [0.2, 0.25) is 0 Å². The molecule has 0 saturated heterocycles. The Morgan fingerprint density at radius 2 is 2.08 bits per heavy atom. The molecule has 0 bridgehead atoms. The molecule has 1 atom stereocenters. The summed E-state index contributed by atoms with van der Waals surface area (Å²) >= 11 is 0. The van der Waals surface area contributed by atoms with Crippen molar-refractivity contribution in [1.29, 1.82) is 0 Å². The molecule has 0 radical (unpaired) electrons. The molecule has 1 N–H and O–H groups in total. The molecule has 5 nitrogen and oxygen atoms in total. The van der Waals surface area contributed by atoms with Crippen LogP contribution < -0.4 is 10.1 Å². The van der Waals surface area contributed by atoms with Gasteiger partial charge in [-0.15, -0.1) is 0 Å². The average molecular weight is 329 g/mol. The zero-order valence-corrected chi connectivity index (χ0v) is 14.6. The number of ether oxygens (including phenoxy) is 2. The highest BCUT2D eigenvalue weighted by atomic mass is 16.5. The number of aryl methyl sites for hydroxylation is 1. The van der Waals surface area contributed by atoms with E-state index in [4.69, 9.17) is 9.47 Å². The molecule has 130 valence electrons. The molecule has 1 heterocycles. The van der Waals surface area contributed by atoms with Crippen molar-refractivity contribution in [1.82, 2.24) is 15.1 Å². The van der Waals surface area contributed by atoms with E-state index in [-0.39, 0.29) is 0 Å². The first-order valence-corrected chi connectivity index (χ1v) is 8.80. The highest BCUT2D eigenvalue weighted by Crippen LogP contribution is 2.29. The Balaban J connectivity index is 1.56. The molecular weight excluding hydrogens is 302 g/mol. The maximum absolute atomic E-state index is 5.60. The molecule has 0 saturated carbocycles. The molecule has 1 aliphatic rings. The number of benzene rings is 1. The molecule has 0 spiro atoms. The number of fused-ring (bicyclic) bond motifs is 1. The van der Waals surface area contributed by atoms with Gasteiger partial charge in [0, 0.05) is 37.5 Å². The topological polar surface area (TPSA) is 48.3 Å². The number of methoxy groups -OCH3 is 1. The first kappa shape index (κ1) is 17.0. The van der Waals surface area contributed by atoms with E-state index in [1.807, 2.05) is 18.3 Å². The van der Waals surface area contributed by atoms with E-state index in [2.05, 4.69) is 34.2 Å². The third-order valence-electron chi connectivity index (χ3n) is 4.59. The zero-order chi connectivity index (χ0) is 16.8. The van der Waals surface area contributed by atoms with Crippen LogP contribution in [0.5, 0.6) is 5.75 Å². The summed E-state index contributed by atoms with van der Waals surface area (Å²) < 4.78 is 12.7. The van der Waals surface area contributed by atoms with E-state index in [0.29, 0.717) is 19.3 Å². The highest BCUT2D eigenvalue weighted by Gasteiger charge is 2.23. The monoisotopic (exact) mass is 329 g/mol. The predicted molar refractivity (Wildman–Crippen MR) is 94.2 cm³/mol. The normalized spacial score (nSPS) is 16.8. The largest absolute Gasteiger partial charge is 0.491 e. The average Bonchev–Trinajstić information content (AvgIpc) is 3.05. The molecule has 1 aromatic carbocycles. The van der Waals surface area contributed by atoms with Crippen molar-refractivity contribution in [3.8, 4) is 5.75 Å². The Bertz CT molecular complexity index is 637. The van der Waals surface area contributed by atoms with Crippen molar-refractivity contribution >= 4 is 0 Å². The summed E-state index contributed by atoms with van der Waals surface area (Å²) in [6, 6.07) is 8.69. The van der Waals surface area contributed by atoms with Gasteiger partial charge >= 0.3 is 0 Å². The van der Waals surface area contributed by atoms with Gasteiger partial charge in [0.25, 0.3) is 0 Å². The molecule has 3 rings (SSSR count). The Hall–Kier alpha value is -1.85. The van der Waals surface area contributed by atoms with E-state index >= 15 is 0 Å². The van der Waals surface area contributed by atoms with Crippen LogP contribution in [0.25, 0.3) is 0 Å². The molecule has 1 aliphatic carbocycles. The molecule has 0 fully saturated rings. The minimum atomic E-state index is 0.409. The van der Waals surface area contributed by atoms with E-state index in [9.17, 15) is 0 Å². The van der Waals surface area contributed by atoms with Gasteiger partial charge in [0.05, 0.1) is 12.8 Å². The van der Waals surface area contributed by atoms with Gasteiger partial charge in [-0.05, 0) is 43.9 Å². The van der Waals surface area contributed by atoms with Crippen LogP contribution in [0.15, 0.2) is 30.5 Å². The van der Waals surface area contributed by atoms with Crippen LogP contribution in [0, 0.1) is 0 Å². The summed E-state index contributed by atoms with van der Waals surface area (Å²) in [5.41, 5.74) is 4.05. The first-order valence-electron chi connectivity index (χ1n) is 8.80. The summed E-state index contributed by atoms with van der Waals surface area (Å²) in [7, 11) is 1.68. The van der Waals surface area contributed by atoms with Gasteiger partial charge in [0.15, 0.2) is 0 Å². The van der Waals surface area contributed by atoms with E-state index in [0.717, 1.165) is 25.3 Å². The molecule has 2 aromatic rings. The Morgan fingerprint density at radius 1 is 1.25 bits per heavy atom.